The molecule has 0 aromatic heterocycles. The molecular weight excluding hydrogens is 405 g/mol. The van der Waals surface area contributed by atoms with Crippen molar-refractivity contribution in [1.29, 1.82) is 5.26 Å². The summed E-state index contributed by atoms with van der Waals surface area (Å²) in [5, 5.41) is 16.0. The van der Waals surface area contributed by atoms with Crippen LogP contribution in [0.5, 0.6) is 0 Å². The van der Waals surface area contributed by atoms with Gasteiger partial charge in [0.1, 0.15) is 11.9 Å². The first-order chi connectivity index (χ1) is 15.6. The van der Waals surface area contributed by atoms with Gasteiger partial charge in [0.05, 0.1) is 11.5 Å². The Morgan fingerprint density at radius 2 is 2.06 bits per heavy atom. The van der Waals surface area contributed by atoms with Crippen LogP contribution >= 0.6 is 0 Å². The van der Waals surface area contributed by atoms with Crippen LogP contribution < -0.4 is 15.5 Å². The van der Waals surface area contributed by atoms with Crippen LogP contribution in [-0.4, -0.2) is 61.2 Å². The number of fused-ring (bicyclic) bond motifs is 5. The summed E-state index contributed by atoms with van der Waals surface area (Å²) in [4.78, 5) is 17.6. The van der Waals surface area contributed by atoms with Gasteiger partial charge in [-0.05, 0) is 75.1 Å². The molecule has 6 rings (SSSR count). The van der Waals surface area contributed by atoms with Crippen molar-refractivity contribution in [2.45, 2.75) is 62.7 Å². The molecule has 1 amide bonds. The van der Waals surface area contributed by atoms with Gasteiger partial charge in [-0.2, -0.15) is 5.26 Å². The summed E-state index contributed by atoms with van der Waals surface area (Å²) in [6, 6.07) is 8.54. The number of carbonyl (C=O) groups is 1. The molecule has 32 heavy (non-hydrogen) atoms. The van der Waals surface area contributed by atoms with E-state index >= 15 is 0 Å². The average Bonchev–Trinajstić information content (AvgIpc) is 3.40. The summed E-state index contributed by atoms with van der Waals surface area (Å²) in [6.45, 7) is 4.11. The Balaban J connectivity index is 1.07. The predicted octanol–water partition coefficient (Wildman–Crippen LogP) is 2.24. The number of piperidine rings is 2. The lowest BCUT2D eigenvalue weighted by Gasteiger charge is -2.50. The van der Waals surface area contributed by atoms with Crippen molar-refractivity contribution in [1.82, 2.24) is 15.5 Å². The number of halogens is 1. The quantitative estimate of drug-likeness (QED) is 0.759. The zero-order valence-corrected chi connectivity index (χ0v) is 18.5. The first kappa shape index (κ1) is 20.4. The van der Waals surface area contributed by atoms with Gasteiger partial charge in [-0.25, -0.2) is 4.39 Å². The van der Waals surface area contributed by atoms with Gasteiger partial charge in [-0.3, -0.25) is 9.69 Å². The Morgan fingerprint density at radius 3 is 2.84 bits per heavy atom. The fraction of sp³-hybridized carbons (Fsp3) is 0.680. The minimum Gasteiger partial charge on any atom is -0.366 e. The van der Waals surface area contributed by atoms with E-state index in [9.17, 15) is 9.18 Å². The molecule has 5 unspecified atom stereocenters. The van der Waals surface area contributed by atoms with Crippen LogP contribution in [0.4, 0.5) is 10.1 Å². The third-order valence-electron chi connectivity index (χ3n) is 8.89. The van der Waals surface area contributed by atoms with Crippen molar-refractivity contribution in [2.75, 3.05) is 31.1 Å². The van der Waals surface area contributed by atoms with Gasteiger partial charge in [0.2, 0.25) is 5.91 Å². The maximum absolute atomic E-state index is 14.1. The van der Waals surface area contributed by atoms with E-state index in [1.165, 1.54) is 18.9 Å². The Kier molecular flexibility index (Phi) is 5.11. The van der Waals surface area contributed by atoms with Crippen LogP contribution in [-0.2, 0) is 4.79 Å². The molecule has 1 aromatic carbocycles. The summed E-state index contributed by atoms with van der Waals surface area (Å²) < 4.78 is 14.1. The molecule has 2 bridgehead atoms. The number of benzene rings is 1. The average molecular weight is 438 g/mol. The smallest absolute Gasteiger partial charge is 0.224 e. The van der Waals surface area contributed by atoms with E-state index in [1.54, 1.807) is 6.07 Å². The predicted molar refractivity (Wildman–Crippen MR) is 120 cm³/mol. The Morgan fingerprint density at radius 1 is 1.16 bits per heavy atom. The molecule has 2 N–H and O–H groups in total. The summed E-state index contributed by atoms with van der Waals surface area (Å²) in [6.07, 6.45) is 6.83. The number of nitrogens with zero attached hydrogens (tertiary/aromatic N) is 3. The van der Waals surface area contributed by atoms with Crippen molar-refractivity contribution in [3.63, 3.8) is 0 Å². The number of anilines is 1. The first-order valence-electron chi connectivity index (χ1n) is 12.3. The largest absolute Gasteiger partial charge is 0.366 e. The second-order valence-corrected chi connectivity index (χ2v) is 10.6. The Labute approximate surface area is 189 Å². The van der Waals surface area contributed by atoms with E-state index in [1.807, 2.05) is 12.1 Å². The molecule has 5 aliphatic rings. The van der Waals surface area contributed by atoms with Crippen molar-refractivity contribution in [3.8, 4) is 6.07 Å². The van der Waals surface area contributed by atoms with E-state index < -0.39 is 5.82 Å². The second-order valence-electron chi connectivity index (χ2n) is 10.6. The van der Waals surface area contributed by atoms with Gasteiger partial charge in [0.15, 0.2) is 0 Å². The van der Waals surface area contributed by atoms with Crippen molar-refractivity contribution in [3.05, 3.63) is 29.6 Å². The van der Waals surface area contributed by atoms with E-state index in [-0.39, 0.29) is 17.4 Å². The standard InChI is InChI=1S/C25H32FN5O/c26-22-10-17(5-4-16(22)11-27)31-14-18-9-19(31)13-30(18)12-15-3-6-20-23(8-15)29-25(32)21-2-1-7-28-24(20)21/h4-5,10,15,18-21,23-24,28H,1-3,6-9,12-14H2,(H,29,32)/t15?,18-,19-,20?,21?,23?,24?/m0/s1. The van der Waals surface area contributed by atoms with Gasteiger partial charge < -0.3 is 15.5 Å². The van der Waals surface area contributed by atoms with Crippen molar-refractivity contribution >= 4 is 11.6 Å². The fourth-order valence-electron chi connectivity index (χ4n) is 7.38. The number of hydrogen-bond donors (Lipinski definition) is 2. The van der Waals surface area contributed by atoms with Gasteiger partial charge in [0, 0.05) is 49.5 Å². The number of nitrogens with one attached hydrogen (secondary N) is 2. The highest BCUT2D eigenvalue weighted by Crippen LogP contribution is 2.41. The van der Waals surface area contributed by atoms with E-state index in [0.717, 1.165) is 57.5 Å². The molecule has 1 aliphatic carbocycles. The lowest BCUT2D eigenvalue weighted by Crippen LogP contribution is -2.64. The van der Waals surface area contributed by atoms with E-state index in [4.69, 9.17) is 5.26 Å². The fourth-order valence-corrected chi connectivity index (χ4v) is 7.38. The molecule has 0 radical (unpaired) electrons. The molecule has 1 saturated carbocycles. The maximum Gasteiger partial charge on any atom is 0.224 e. The molecule has 170 valence electrons. The number of piperazine rings is 1. The Hall–Kier alpha value is -2.17. The molecule has 1 aromatic rings. The summed E-state index contributed by atoms with van der Waals surface area (Å²) in [5.41, 5.74) is 1.01. The van der Waals surface area contributed by atoms with Crippen molar-refractivity contribution < 1.29 is 9.18 Å². The number of hydrogen-bond acceptors (Lipinski definition) is 5. The normalized spacial score (nSPS) is 38.7. The molecule has 4 aliphatic heterocycles. The molecule has 7 atom stereocenters. The van der Waals surface area contributed by atoms with Crippen LogP contribution in [0.25, 0.3) is 0 Å². The molecule has 5 fully saturated rings. The minimum absolute atomic E-state index is 0.111. The lowest BCUT2D eigenvalue weighted by molar-refractivity contribution is -0.133. The molecule has 6 nitrogen and oxygen atoms in total. The summed E-state index contributed by atoms with van der Waals surface area (Å²) >= 11 is 0. The van der Waals surface area contributed by atoms with Crippen LogP contribution in [0.2, 0.25) is 0 Å². The number of likely N-dealkylation sites (tertiary alicyclic amines) is 1. The van der Waals surface area contributed by atoms with Crippen LogP contribution in [0.3, 0.4) is 0 Å². The molecule has 4 saturated heterocycles. The van der Waals surface area contributed by atoms with E-state index in [0.29, 0.717) is 36.0 Å². The maximum atomic E-state index is 14.1. The van der Waals surface area contributed by atoms with Crippen LogP contribution in [0, 0.1) is 34.9 Å². The SMILES string of the molecule is N#Cc1ccc(N2C[C@@H]3C[C@H]2CN3CC2CCC3C(C2)NC(=O)C2CCCNC23)cc1F. The molecule has 4 heterocycles. The van der Waals surface area contributed by atoms with Crippen LogP contribution in [0.1, 0.15) is 44.1 Å². The van der Waals surface area contributed by atoms with Crippen LogP contribution in [0.15, 0.2) is 18.2 Å². The number of carbonyl (C=O) groups excluding carboxylic acids is 1. The highest BCUT2D eigenvalue weighted by molar-refractivity contribution is 5.81. The highest BCUT2D eigenvalue weighted by Gasteiger charge is 2.48. The number of rotatable bonds is 3. The third kappa shape index (κ3) is 3.39. The van der Waals surface area contributed by atoms with E-state index in [2.05, 4.69) is 20.4 Å². The minimum atomic E-state index is -0.425. The topological polar surface area (TPSA) is 71.4 Å². The van der Waals surface area contributed by atoms with Gasteiger partial charge in [-0.15, -0.1) is 0 Å². The van der Waals surface area contributed by atoms with Crippen molar-refractivity contribution in [2.24, 2.45) is 17.8 Å². The second kappa shape index (κ2) is 8.00. The van der Waals surface area contributed by atoms with Gasteiger partial charge in [0.25, 0.3) is 0 Å². The molecular formula is C25H32FN5O. The number of nitriles is 1. The zero-order chi connectivity index (χ0) is 21.8. The summed E-state index contributed by atoms with van der Waals surface area (Å²) in [5.74, 6) is 1.25. The molecule has 7 heteroatoms. The number of amides is 1. The monoisotopic (exact) mass is 437 g/mol. The zero-order valence-electron chi connectivity index (χ0n) is 18.5. The third-order valence-corrected chi connectivity index (χ3v) is 8.89. The first-order valence-corrected chi connectivity index (χ1v) is 12.3. The molecule has 0 spiro atoms. The highest BCUT2D eigenvalue weighted by atomic mass is 19.1. The summed E-state index contributed by atoms with van der Waals surface area (Å²) in [7, 11) is 0. The van der Waals surface area contributed by atoms with Gasteiger partial charge in [-0.1, -0.05) is 0 Å². The lowest BCUT2D eigenvalue weighted by atomic mass is 9.67. The Bertz CT molecular complexity index is 947. The van der Waals surface area contributed by atoms with Gasteiger partial charge >= 0.3 is 0 Å².